The highest BCUT2D eigenvalue weighted by molar-refractivity contribution is 6.74. The molecule has 0 saturated carbocycles. The molecular weight excluding hydrogens is 737 g/mol. The Balaban J connectivity index is 1.63. The Morgan fingerprint density at radius 3 is 2.14 bits per heavy atom. The third kappa shape index (κ3) is 11.4. The number of nitrogens with one attached hydrogen (secondary N) is 3. The van der Waals surface area contributed by atoms with E-state index in [1.165, 1.54) is 6.07 Å². The Bertz CT molecular complexity index is 2020. The second-order valence-electron chi connectivity index (χ2n) is 15.6. The first-order chi connectivity index (χ1) is 26.3. The van der Waals surface area contributed by atoms with Crippen LogP contribution >= 0.6 is 0 Å². The Morgan fingerprint density at radius 2 is 1.54 bits per heavy atom. The molecule has 0 fully saturated rings. The SMILES string of the molecule is Cc1cccc(COC(=O)Nc2ccc(-c3ccccc3)n(CC(=O)NC(C(C)C)C(O[Si](C)(C)C(C)(C)C)C(F)(F)C(=O)NCCc3ccccc3)c2=O)n1. The number of amides is 3. The lowest BCUT2D eigenvalue weighted by Crippen LogP contribution is -2.63. The first kappa shape index (κ1) is 43.5. The summed E-state index contributed by atoms with van der Waals surface area (Å²) in [5.74, 6) is -6.98. The van der Waals surface area contributed by atoms with E-state index < -0.39 is 67.4 Å². The van der Waals surface area contributed by atoms with Gasteiger partial charge >= 0.3 is 12.0 Å². The predicted molar refractivity (Wildman–Crippen MR) is 216 cm³/mol. The van der Waals surface area contributed by atoms with Gasteiger partial charge in [-0.1, -0.05) is 101 Å². The maximum atomic E-state index is 16.6. The van der Waals surface area contributed by atoms with E-state index in [1.54, 1.807) is 88.5 Å². The number of hydrogen-bond donors (Lipinski definition) is 3. The minimum absolute atomic E-state index is 0.0319. The molecule has 0 spiro atoms. The predicted octanol–water partition coefficient (Wildman–Crippen LogP) is 7.49. The quantitative estimate of drug-likeness (QED) is 0.100. The molecular formula is C42H53F2N5O6Si. The summed E-state index contributed by atoms with van der Waals surface area (Å²) in [4.78, 5) is 58.4. The van der Waals surface area contributed by atoms with Crippen molar-refractivity contribution in [2.24, 2.45) is 5.92 Å². The molecule has 0 bridgehead atoms. The van der Waals surface area contributed by atoms with Crippen molar-refractivity contribution in [3.05, 3.63) is 118 Å². The molecule has 14 heteroatoms. The van der Waals surface area contributed by atoms with Crippen LogP contribution in [-0.4, -0.2) is 60.4 Å². The number of carbonyl (C=O) groups excluding carboxylic acids is 3. The molecule has 3 N–H and O–H groups in total. The summed E-state index contributed by atoms with van der Waals surface area (Å²) in [6.45, 7) is 13.6. The van der Waals surface area contributed by atoms with Crippen molar-refractivity contribution in [1.29, 1.82) is 0 Å². The van der Waals surface area contributed by atoms with Gasteiger partial charge in [0.1, 0.15) is 24.9 Å². The van der Waals surface area contributed by atoms with Crippen LogP contribution < -0.4 is 21.5 Å². The molecule has 0 radical (unpaired) electrons. The molecule has 300 valence electrons. The number of aromatic nitrogens is 2. The summed E-state index contributed by atoms with van der Waals surface area (Å²) in [6.07, 6.45) is -2.61. The van der Waals surface area contributed by atoms with Crippen LogP contribution in [0.4, 0.5) is 19.3 Å². The molecule has 0 aliphatic heterocycles. The lowest BCUT2D eigenvalue weighted by Gasteiger charge is -2.44. The molecule has 0 saturated heterocycles. The topological polar surface area (TPSA) is 141 Å². The monoisotopic (exact) mass is 789 g/mol. The van der Waals surface area contributed by atoms with Crippen molar-refractivity contribution in [2.45, 2.75) is 97.3 Å². The molecule has 2 aromatic carbocycles. The van der Waals surface area contributed by atoms with E-state index in [-0.39, 0.29) is 18.8 Å². The van der Waals surface area contributed by atoms with Crippen LogP contribution in [-0.2, 0) is 38.3 Å². The average molecular weight is 790 g/mol. The van der Waals surface area contributed by atoms with E-state index in [1.807, 2.05) is 51.1 Å². The van der Waals surface area contributed by atoms with Gasteiger partial charge in [-0.05, 0) is 72.8 Å². The number of hydrogen-bond acceptors (Lipinski definition) is 7. The fourth-order valence-electron chi connectivity index (χ4n) is 5.70. The van der Waals surface area contributed by atoms with E-state index >= 15 is 8.78 Å². The van der Waals surface area contributed by atoms with E-state index in [0.717, 1.165) is 15.8 Å². The number of halogens is 2. The zero-order valence-electron chi connectivity index (χ0n) is 33.3. The molecule has 4 aromatic rings. The second-order valence-corrected chi connectivity index (χ2v) is 20.4. The van der Waals surface area contributed by atoms with Crippen molar-refractivity contribution < 1.29 is 32.3 Å². The van der Waals surface area contributed by atoms with Crippen LogP contribution in [0.15, 0.2) is 95.8 Å². The lowest BCUT2D eigenvalue weighted by molar-refractivity contribution is -0.167. The smallest absolute Gasteiger partial charge is 0.412 e. The molecule has 2 aromatic heterocycles. The normalized spacial score (nSPS) is 13.1. The summed E-state index contributed by atoms with van der Waals surface area (Å²) in [5, 5.41) is 7.03. The summed E-state index contributed by atoms with van der Waals surface area (Å²) in [7, 11) is -2.98. The van der Waals surface area contributed by atoms with E-state index in [4.69, 9.17) is 9.16 Å². The van der Waals surface area contributed by atoms with Gasteiger partial charge in [0, 0.05) is 12.2 Å². The standard InChI is InChI=1S/C42H53F2N5O6Si/c1-28(2)36(37(55-56(7,8)41(4,5)6)42(43,44)39(52)45-25-24-30-17-11-9-12-18-30)48-35(50)26-49-34(31-19-13-10-14-20-31)23-22-33(38(49)51)47-40(53)54-27-32-21-15-16-29(3)46-32/h9-23,28,36-37H,24-27H2,1-8H3,(H,45,52)(H,47,53)(H,48,50). The van der Waals surface area contributed by atoms with Crippen LogP contribution in [0.25, 0.3) is 11.3 Å². The van der Waals surface area contributed by atoms with Crippen molar-refractivity contribution in [2.75, 3.05) is 11.9 Å². The number of ether oxygens (including phenoxy) is 1. The number of benzene rings is 2. The van der Waals surface area contributed by atoms with Gasteiger partial charge in [-0.15, -0.1) is 0 Å². The first-order valence-electron chi connectivity index (χ1n) is 18.6. The summed E-state index contributed by atoms with van der Waals surface area (Å²) >= 11 is 0. The number of pyridine rings is 2. The fraction of sp³-hybridized carbons (Fsp3) is 0.405. The van der Waals surface area contributed by atoms with E-state index in [2.05, 4.69) is 20.9 Å². The van der Waals surface area contributed by atoms with Crippen LogP contribution in [0.3, 0.4) is 0 Å². The van der Waals surface area contributed by atoms with Crippen LogP contribution in [0.5, 0.6) is 0 Å². The minimum atomic E-state index is -4.06. The Morgan fingerprint density at radius 1 is 0.893 bits per heavy atom. The molecule has 0 aliphatic rings. The Kier molecular flexibility index (Phi) is 14.5. The van der Waals surface area contributed by atoms with Gasteiger partial charge < -0.3 is 19.8 Å². The highest BCUT2D eigenvalue weighted by Gasteiger charge is 2.56. The van der Waals surface area contributed by atoms with Crippen LogP contribution in [0.1, 0.15) is 51.6 Å². The average Bonchev–Trinajstić information content (AvgIpc) is 3.14. The van der Waals surface area contributed by atoms with Gasteiger partial charge in [-0.3, -0.25) is 29.3 Å². The zero-order chi connectivity index (χ0) is 41.3. The van der Waals surface area contributed by atoms with Gasteiger partial charge in [-0.25, -0.2) is 4.79 Å². The number of aryl methyl sites for hydroxylation is 1. The molecule has 2 heterocycles. The van der Waals surface area contributed by atoms with Crippen molar-refractivity contribution in [1.82, 2.24) is 20.2 Å². The Labute approximate surface area is 328 Å². The lowest BCUT2D eigenvalue weighted by atomic mass is 9.93. The molecule has 0 aliphatic carbocycles. The summed E-state index contributed by atoms with van der Waals surface area (Å²) in [6, 6.07) is 24.9. The fourth-order valence-corrected chi connectivity index (χ4v) is 6.99. The summed E-state index contributed by atoms with van der Waals surface area (Å²) < 4.78 is 45.9. The third-order valence-electron chi connectivity index (χ3n) is 9.88. The van der Waals surface area contributed by atoms with Gasteiger partial charge in [0.2, 0.25) is 5.91 Å². The second kappa shape index (κ2) is 18.6. The van der Waals surface area contributed by atoms with E-state index in [0.29, 0.717) is 23.4 Å². The number of alkyl halides is 2. The third-order valence-corrected chi connectivity index (χ3v) is 14.3. The molecule has 3 amide bonds. The molecule has 2 unspecified atom stereocenters. The number of anilines is 1. The van der Waals surface area contributed by atoms with E-state index in [9.17, 15) is 19.2 Å². The number of rotatable bonds is 16. The molecule has 4 rings (SSSR count). The number of carbonyl (C=O) groups is 3. The van der Waals surface area contributed by atoms with Crippen LogP contribution in [0, 0.1) is 12.8 Å². The highest BCUT2D eigenvalue weighted by Crippen LogP contribution is 2.41. The maximum absolute atomic E-state index is 16.6. The van der Waals surface area contributed by atoms with Crippen LogP contribution in [0.2, 0.25) is 18.1 Å². The Hall–Kier alpha value is -5.21. The zero-order valence-corrected chi connectivity index (χ0v) is 34.3. The van der Waals surface area contributed by atoms with Gasteiger partial charge in [0.25, 0.3) is 11.5 Å². The van der Waals surface area contributed by atoms with Gasteiger partial charge in [-0.2, -0.15) is 8.78 Å². The van der Waals surface area contributed by atoms with Crippen molar-refractivity contribution >= 4 is 31.9 Å². The highest BCUT2D eigenvalue weighted by atomic mass is 28.4. The van der Waals surface area contributed by atoms with Crippen molar-refractivity contribution in [3.63, 3.8) is 0 Å². The van der Waals surface area contributed by atoms with Gasteiger partial charge in [0.05, 0.1) is 17.4 Å². The first-order valence-corrected chi connectivity index (χ1v) is 21.5. The van der Waals surface area contributed by atoms with Crippen molar-refractivity contribution in [3.8, 4) is 11.3 Å². The largest absolute Gasteiger partial charge is 0.443 e. The molecule has 56 heavy (non-hydrogen) atoms. The summed E-state index contributed by atoms with van der Waals surface area (Å²) in [5.41, 5.74) is 2.16. The number of nitrogens with zero attached hydrogens (tertiary/aromatic N) is 2. The van der Waals surface area contributed by atoms with Gasteiger partial charge in [0.15, 0.2) is 8.32 Å². The molecule has 2 atom stereocenters. The minimum Gasteiger partial charge on any atom is -0.443 e. The molecule has 11 nitrogen and oxygen atoms in total. The maximum Gasteiger partial charge on any atom is 0.412 e.